The average Bonchev–Trinajstić information content (AvgIpc) is 3.50. The molecule has 4 heterocycles. The van der Waals surface area contributed by atoms with Gasteiger partial charge in [0.2, 0.25) is 0 Å². The third kappa shape index (κ3) is 6.11. The number of unbranched alkanes of at least 4 members (excludes halogenated alkanes) is 1. The molecule has 2 aliphatic rings. The number of thiocarbonyl (C=S) groups is 1. The van der Waals surface area contributed by atoms with Gasteiger partial charge in [-0.2, -0.15) is 5.26 Å². The van der Waals surface area contributed by atoms with Crippen LogP contribution in [0.4, 0.5) is 21.6 Å². The van der Waals surface area contributed by atoms with Gasteiger partial charge in [-0.15, -0.1) is 0 Å². The monoisotopic (exact) mass is 697 g/mol. The minimum atomic E-state index is -0.447. The molecule has 1 amide bonds. The molecular formula is C36H36FN7O3S2. The van der Waals surface area contributed by atoms with E-state index in [1.165, 1.54) is 21.7 Å². The molecule has 2 aromatic heterocycles. The molecule has 0 saturated carbocycles. The summed E-state index contributed by atoms with van der Waals surface area (Å²) in [6.45, 7) is 8.29. The number of nitriles is 1. The van der Waals surface area contributed by atoms with Crippen LogP contribution in [0.5, 0.6) is 0 Å². The van der Waals surface area contributed by atoms with Gasteiger partial charge in [0.15, 0.2) is 4.32 Å². The van der Waals surface area contributed by atoms with E-state index in [1.54, 1.807) is 48.4 Å². The second-order valence-corrected chi connectivity index (χ2v) is 13.7. The summed E-state index contributed by atoms with van der Waals surface area (Å²) in [7, 11) is 1.76. The number of halogens is 1. The molecule has 2 fully saturated rings. The number of para-hydroxylation sites is 1. The van der Waals surface area contributed by atoms with Crippen LogP contribution in [-0.2, 0) is 18.4 Å². The van der Waals surface area contributed by atoms with Crippen molar-refractivity contribution in [3.05, 3.63) is 108 Å². The molecule has 2 aromatic carbocycles. The Hall–Kier alpha value is -4.93. The van der Waals surface area contributed by atoms with Gasteiger partial charge in [0.05, 0.1) is 16.3 Å². The van der Waals surface area contributed by atoms with Gasteiger partial charge in [0.25, 0.3) is 17.0 Å². The SMILES string of the molecule is CCCCn1c(N2CCN(c3ccc(F)cc3)CC2)c(/C=C2/SC(=S)N(c3c(C)n(C)n(-c4ccccc4)c3=O)C2=O)c(C)c(C#N)c1=O. The molecular weight excluding hydrogens is 662 g/mol. The molecule has 6 rings (SSSR count). The van der Waals surface area contributed by atoms with E-state index in [2.05, 4.69) is 15.9 Å². The van der Waals surface area contributed by atoms with Crippen LogP contribution in [0.3, 0.4) is 0 Å². The predicted molar refractivity (Wildman–Crippen MR) is 197 cm³/mol. The van der Waals surface area contributed by atoms with Crippen LogP contribution < -0.4 is 25.8 Å². The molecule has 2 aliphatic heterocycles. The average molecular weight is 698 g/mol. The number of piperazine rings is 1. The van der Waals surface area contributed by atoms with Crippen LogP contribution in [0.2, 0.25) is 0 Å². The summed E-state index contributed by atoms with van der Waals surface area (Å²) < 4.78 is 18.7. The highest BCUT2D eigenvalue weighted by Gasteiger charge is 2.38. The summed E-state index contributed by atoms with van der Waals surface area (Å²) in [5, 5.41) is 10.1. The van der Waals surface area contributed by atoms with Gasteiger partial charge in [-0.1, -0.05) is 55.5 Å². The van der Waals surface area contributed by atoms with Crippen LogP contribution in [0.1, 0.15) is 42.1 Å². The predicted octanol–water partition coefficient (Wildman–Crippen LogP) is 5.50. The second kappa shape index (κ2) is 13.9. The highest BCUT2D eigenvalue weighted by Crippen LogP contribution is 2.39. The largest absolute Gasteiger partial charge is 0.368 e. The Balaban J connectivity index is 1.43. The maximum absolute atomic E-state index is 14.2. The fraction of sp³-hybridized carbons (Fsp3) is 0.306. The molecule has 10 nitrogen and oxygen atoms in total. The fourth-order valence-electron chi connectivity index (χ4n) is 6.44. The Labute approximate surface area is 293 Å². The van der Waals surface area contributed by atoms with E-state index in [0.717, 1.165) is 30.3 Å². The zero-order chi connectivity index (χ0) is 35.0. The molecule has 4 aromatic rings. The third-order valence-corrected chi connectivity index (χ3v) is 10.5. The first-order valence-corrected chi connectivity index (χ1v) is 17.3. The molecule has 0 spiro atoms. The Bertz CT molecular complexity index is 2140. The topological polar surface area (TPSA) is 99.5 Å². The van der Waals surface area contributed by atoms with Gasteiger partial charge in [0.1, 0.15) is 29.0 Å². The van der Waals surface area contributed by atoms with E-state index >= 15 is 0 Å². The number of carbonyl (C=O) groups excluding carboxylic acids is 1. The normalized spacial score (nSPS) is 15.8. The summed E-state index contributed by atoms with van der Waals surface area (Å²) in [6, 6.07) is 17.7. The number of hydrogen-bond donors (Lipinski definition) is 0. The van der Waals surface area contributed by atoms with Crippen molar-refractivity contribution >= 4 is 57.5 Å². The molecule has 252 valence electrons. The van der Waals surface area contributed by atoms with Crippen LogP contribution in [0.15, 0.2) is 69.1 Å². The highest BCUT2D eigenvalue weighted by molar-refractivity contribution is 8.27. The van der Waals surface area contributed by atoms with Gasteiger partial charge < -0.3 is 9.80 Å². The van der Waals surface area contributed by atoms with Crippen molar-refractivity contribution in [2.75, 3.05) is 40.9 Å². The van der Waals surface area contributed by atoms with Crippen molar-refractivity contribution in [3.63, 3.8) is 0 Å². The van der Waals surface area contributed by atoms with Crippen LogP contribution >= 0.6 is 24.0 Å². The number of nitrogens with zero attached hydrogens (tertiary/aromatic N) is 7. The lowest BCUT2D eigenvalue weighted by molar-refractivity contribution is -0.113. The van der Waals surface area contributed by atoms with Gasteiger partial charge in [-0.25, -0.2) is 9.07 Å². The zero-order valence-electron chi connectivity index (χ0n) is 27.8. The lowest BCUT2D eigenvalue weighted by atomic mass is 10.0. The number of hydrogen-bond acceptors (Lipinski definition) is 8. The van der Waals surface area contributed by atoms with Crippen molar-refractivity contribution in [3.8, 4) is 11.8 Å². The quantitative estimate of drug-likeness (QED) is 0.176. The maximum Gasteiger partial charge on any atom is 0.296 e. The second-order valence-electron chi connectivity index (χ2n) is 12.0. The number of benzene rings is 2. The Morgan fingerprint density at radius 2 is 1.59 bits per heavy atom. The Morgan fingerprint density at radius 1 is 0.939 bits per heavy atom. The van der Waals surface area contributed by atoms with Crippen molar-refractivity contribution < 1.29 is 9.18 Å². The number of pyridine rings is 1. The first-order chi connectivity index (χ1) is 23.6. The molecule has 0 unspecified atom stereocenters. The fourth-order valence-corrected chi connectivity index (χ4v) is 7.69. The Kier molecular flexibility index (Phi) is 9.63. The van der Waals surface area contributed by atoms with Crippen LogP contribution in [0.25, 0.3) is 11.8 Å². The zero-order valence-corrected chi connectivity index (χ0v) is 29.4. The van der Waals surface area contributed by atoms with E-state index in [9.17, 15) is 24.0 Å². The molecule has 49 heavy (non-hydrogen) atoms. The van der Waals surface area contributed by atoms with E-state index in [1.807, 2.05) is 37.3 Å². The lowest BCUT2D eigenvalue weighted by Crippen LogP contribution is -2.48. The van der Waals surface area contributed by atoms with Crippen LogP contribution in [0, 0.1) is 31.0 Å². The minimum Gasteiger partial charge on any atom is -0.368 e. The summed E-state index contributed by atoms with van der Waals surface area (Å²) in [5.41, 5.74) is 2.67. The summed E-state index contributed by atoms with van der Waals surface area (Å²) in [5.74, 6) is -0.103. The van der Waals surface area contributed by atoms with Crippen LogP contribution in [-0.4, -0.2) is 50.3 Å². The van der Waals surface area contributed by atoms with E-state index in [4.69, 9.17) is 12.2 Å². The van der Waals surface area contributed by atoms with Crippen molar-refractivity contribution in [2.24, 2.45) is 7.05 Å². The lowest BCUT2D eigenvalue weighted by Gasteiger charge is -2.39. The number of amides is 1. The van der Waals surface area contributed by atoms with E-state index in [0.29, 0.717) is 61.0 Å². The van der Waals surface area contributed by atoms with Gasteiger partial charge in [-0.3, -0.25) is 28.5 Å². The number of carbonyl (C=O) groups is 1. The first-order valence-electron chi connectivity index (χ1n) is 16.1. The highest BCUT2D eigenvalue weighted by atomic mass is 32.2. The van der Waals surface area contributed by atoms with E-state index in [-0.39, 0.29) is 37.4 Å². The number of anilines is 3. The van der Waals surface area contributed by atoms with Gasteiger partial charge >= 0.3 is 0 Å². The molecule has 0 atom stereocenters. The van der Waals surface area contributed by atoms with Crippen molar-refractivity contribution in [1.29, 1.82) is 5.26 Å². The van der Waals surface area contributed by atoms with Gasteiger partial charge in [0, 0.05) is 51.0 Å². The van der Waals surface area contributed by atoms with Crippen molar-refractivity contribution in [1.82, 2.24) is 13.9 Å². The molecule has 0 radical (unpaired) electrons. The maximum atomic E-state index is 14.2. The first kappa shape index (κ1) is 34.0. The molecule has 0 N–H and O–H groups in total. The smallest absolute Gasteiger partial charge is 0.296 e. The standard InChI is InChI=1S/C36H36FN7O3S2/c1-5-6-16-42-32(41-19-17-40(18-20-41)26-14-12-25(37)13-15-26)28(23(2)29(22-38)33(42)45)21-30-34(46)43(36(48)49-30)31-24(3)39(4)44(35(31)47)27-10-8-7-9-11-27/h7-15,21H,5-6,16-20H2,1-4H3/b30-21+. The number of rotatable bonds is 8. The number of thioether (sulfide) groups is 1. The Morgan fingerprint density at radius 3 is 2.22 bits per heavy atom. The minimum absolute atomic E-state index is 0.0242. The van der Waals surface area contributed by atoms with Gasteiger partial charge in [-0.05, 0) is 68.3 Å². The molecule has 0 bridgehead atoms. The van der Waals surface area contributed by atoms with Crippen molar-refractivity contribution in [2.45, 2.75) is 40.2 Å². The summed E-state index contributed by atoms with van der Waals surface area (Å²) in [6.07, 6.45) is 3.27. The number of aromatic nitrogens is 3. The molecule has 2 saturated heterocycles. The summed E-state index contributed by atoms with van der Waals surface area (Å²) >= 11 is 6.80. The van der Waals surface area contributed by atoms with E-state index < -0.39 is 5.91 Å². The molecule has 13 heteroatoms. The molecule has 0 aliphatic carbocycles. The third-order valence-electron chi connectivity index (χ3n) is 9.17. The summed E-state index contributed by atoms with van der Waals surface area (Å²) in [4.78, 5) is 47.7.